The Morgan fingerprint density at radius 2 is 1.82 bits per heavy atom. The van der Waals surface area contributed by atoms with Crippen LogP contribution in [-0.2, 0) is 13.1 Å². The largest absolute Gasteiger partial charge is 0.365 e. The van der Waals surface area contributed by atoms with E-state index in [-0.39, 0.29) is 11.9 Å². The molecule has 0 unspecified atom stereocenters. The third-order valence-electron chi connectivity index (χ3n) is 7.34. The monoisotopic (exact) mass is 507 g/mol. The maximum absolute atomic E-state index is 13.9. The second kappa shape index (κ2) is 10.3. The molecular weight excluding hydrogens is 474 g/mol. The van der Waals surface area contributed by atoms with Crippen LogP contribution in [0.4, 0.5) is 11.8 Å². The number of nitrogens with one attached hydrogen (secondary N) is 2. The van der Waals surface area contributed by atoms with Gasteiger partial charge in [-0.2, -0.15) is 4.98 Å². The maximum atomic E-state index is 13.9. The summed E-state index contributed by atoms with van der Waals surface area (Å²) in [4.78, 5) is 25.9. The molecule has 1 aliphatic carbocycles. The molecule has 1 aliphatic heterocycles. The second-order valence-electron chi connectivity index (χ2n) is 10.2. The van der Waals surface area contributed by atoms with Gasteiger partial charge in [0.1, 0.15) is 0 Å². The van der Waals surface area contributed by atoms with Crippen molar-refractivity contribution in [2.45, 2.75) is 57.8 Å². The van der Waals surface area contributed by atoms with Crippen molar-refractivity contribution >= 4 is 39.3 Å². The summed E-state index contributed by atoms with van der Waals surface area (Å²) in [6.07, 6.45) is 4.17. The molecule has 0 spiro atoms. The highest BCUT2D eigenvalue weighted by molar-refractivity contribution is 6.06. The van der Waals surface area contributed by atoms with E-state index < -0.39 is 0 Å². The Morgan fingerprint density at radius 3 is 2.58 bits per heavy atom. The standard InChI is InChI=1S/C30H33N7O/c1-2-3-17-37-27(28(33-21-14-15-21)35-30(37)36-16-8-9-20(31)19-36)29(38)32-18-26-24-12-5-4-10-22(24)23-11-6-7-13-25(23)34-26/h4-7,10-13,20-21,33H,8-9,14-19,31H2,1H3,(H,32,38)/t20-/m1/s1. The lowest BCUT2D eigenvalue weighted by Gasteiger charge is -2.31. The van der Waals surface area contributed by atoms with E-state index in [1.807, 2.05) is 41.8 Å². The molecule has 2 aromatic heterocycles. The number of anilines is 2. The van der Waals surface area contributed by atoms with E-state index in [1.165, 1.54) is 0 Å². The molecule has 1 amide bonds. The minimum Gasteiger partial charge on any atom is -0.365 e. The molecule has 3 heterocycles. The van der Waals surface area contributed by atoms with E-state index in [0.717, 1.165) is 65.5 Å². The molecule has 1 saturated heterocycles. The zero-order valence-corrected chi connectivity index (χ0v) is 21.7. The van der Waals surface area contributed by atoms with Crippen molar-refractivity contribution in [3.63, 3.8) is 0 Å². The number of imidazole rings is 1. The summed E-state index contributed by atoms with van der Waals surface area (Å²) in [5.41, 5.74) is 8.56. The van der Waals surface area contributed by atoms with Gasteiger partial charge in [0.15, 0.2) is 11.5 Å². The molecule has 0 bridgehead atoms. The molecule has 8 heteroatoms. The first-order valence-electron chi connectivity index (χ1n) is 13.4. The van der Waals surface area contributed by atoms with E-state index >= 15 is 0 Å². The Balaban J connectivity index is 1.36. The Kier molecular flexibility index (Phi) is 6.61. The van der Waals surface area contributed by atoms with E-state index in [1.54, 1.807) is 0 Å². The fourth-order valence-corrected chi connectivity index (χ4v) is 5.29. The highest BCUT2D eigenvalue weighted by Crippen LogP contribution is 2.31. The highest BCUT2D eigenvalue weighted by atomic mass is 16.2. The number of fused-ring (bicyclic) bond motifs is 3. The zero-order valence-electron chi connectivity index (χ0n) is 21.7. The molecule has 4 N–H and O–H groups in total. The number of hydrogen-bond acceptors (Lipinski definition) is 6. The van der Waals surface area contributed by atoms with Gasteiger partial charge in [-0.1, -0.05) is 48.4 Å². The Bertz CT molecular complexity index is 1560. The van der Waals surface area contributed by atoms with Gasteiger partial charge in [-0.3, -0.25) is 14.3 Å². The normalized spacial score (nSPS) is 17.3. The quantitative estimate of drug-likeness (QED) is 0.258. The predicted molar refractivity (Wildman–Crippen MR) is 152 cm³/mol. The van der Waals surface area contributed by atoms with Crippen LogP contribution in [0.15, 0.2) is 48.5 Å². The second-order valence-corrected chi connectivity index (χ2v) is 10.2. The summed E-state index contributed by atoms with van der Waals surface area (Å²) in [7, 11) is 0. The van der Waals surface area contributed by atoms with Gasteiger partial charge >= 0.3 is 0 Å². The molecule has 2 fully saturated rings. The zero-order chi connectivity index (χ0) is 26.1. The molecular formula is C30H33N7O. The number of rotatable bonds is 7. The van der Waals surface area contributed by atoms with Gasteiger partial charge in [-0.15, -0.1) is 5.92 Å². The first-order valence-corrected chi connectivity index (χ1v) is 13.4. The lowest BCUT2D eigenvalue weighted by Crippen LogP contribution is -2.44. The van der Waals surface area contributed by atoms with Crippen LogP contribution in [-0.4, -0.2) is 45.6 Å². The van der Waals surface area contributed by atoms with Crippen molar-refractivity contribution in [1.29, 1.82) is 0 Å². The van der Waals surface area contributed by atoms with Crippen LogP contribution >= 0.6 is 0 Å². The number of piperidine rings is 1. The van der Waals surface area contributed by atoms with Gasteiger partial charge < -0.3 is 21.3 Å². The van der Waals surface area contributed by atoms with E-state index in [4.69, 9.17) is 15.7 Å². The lowest BCUT2D eigenvalue weighted by atomic mass is 10.0. The van der Waals surface area contributed by atoms with E-state index in [9.17, 15) is 4.79 Å². The third-order valence-corrected chi connectivity index (χ3v) is 7.34. The molecule has 38 heavy (non-hydrogen) atoms. The molecule has 6 rings (SSSR count). The van der Waals surface area contributed by atoms with Gasteiger partial charge in [-0.25, -0.2) is 0 Å². The summed E-state index contributed by atoms with van der Waals surface area (Å²) < 4.78 is 1.94. The van der Waals surface area contributed by atoms with Crippen molar-refractivity contribution in [3.05, 3.63) is 59.9 Å². The molecule has 0 radical (unpaired) electrons. The lowest BCUT2D eigenvalue weighted by molar-refractivity contribution is 0.0943. The summed E-state index contributed by atoms with van der Waals surface area (Å²) >= 11 is 0. The highest BCUT2D eigenvalue weighted by Gasteiger charge is 2.31. The number of nitrogens with zero attached hydrogens (tertiary/aromatic N) is 4. The summed E-state index contributed by atoms with van der Waals surface area (Å²) in [5, 5.41) is 9.92. The summed E-state index contributed by atoms with van der Waals surface area (Å²) in [6, 6.07) is 16.8. The Morgan fingerprint density at radius 1 is 1.05 bits per heavy atom. The van der Waals surface area contributed by atoms with Gasteiger partial charge in [0, 0.05) is 35.9 Å². The first kappa shape index (κ1) is 24.3. The minimum atomic E-state index is -0.190. The third kappa shape index (κ3) is 4.77. The number of nitrogens with two attached hydrogens (primary N) is 1. The van der Waals surface area contributed by atoms with Crippen LogP contribution in [0.2, 0.25) is 0 Å². The van der Waals surface area contributed by atoms with Crippen molar-refractivity contribution in [1.82, 2.24) is 19.9 Å². The Labute approximate surface area is 222 Å². The molecule has 194 valence electrons. The number of para-hydroxylation sites is 1. The minimum absolute atomic E-state index is 0.0931. The van der Waals surface area contributed by atoms with Crippen LogP contribution in [0.1, 0.15) is 48.8 Å². The number of carbonyl (C=O) groups excluding carboxylic acids is 1. The first-order chi connectivity index (χ1) is 18.6. The number of benzene rings is 2. The van der Waals surface area contributed by atoms with Gasteiger partial charge in [0.25, 0.3) is 5.91 Å². The molecule has 1 atom stereocenters. The fourth-order valence-electron chi connectivity index (χ4n) is 5.29. The molecule has 8 nitrogen and oxygen atoms in total. The predicted octanol–water partition coefficient (Wildman–Crippen LogP) is 4.04. The van der Waals surface area contributed by atoms with Crippen LogP contribution < -0.4 is 21.3 Å². The number of pyridine rings is 1. The molecule has 2 aliphatic rings. The smallest absolute Gasteiger partial charge is 0.272 e. The van der Waals surface area contributed by atoms with Crippen LogP contribution in [0.5, 0.6) is 0 Å². The topological polar surface area (TPSA) is 101 Å². The van der Waals surface area contributed by atoms with E-state index in [2.05, 4.69) is 45.6 Å². The SMILES string of the molecule is CC#CCn1c(N2CCC[C@@H](N)C2)nc(NC2CC2)c1C(=O)NCc1nc2ccccc2c2ccccc12. The van der Waals surface area contributed by atoms with Crippen LogP contribution in [0.25, 0.3) is 21.7 Å². The fraction of sp³-hybridized carbons (Fsp3) is 0.367. The van der Waals surface area contributed by atoms with Crippen molar-refractivity contribution in [2.75, 3.05) is 23.3 Å². The average molecular weight is 508 g/mol. The number of hydrogen-bond donors (Lipinski definition) is 3. The number of amides is 1. The molecule has 4 aromatic rings. The Hall–Kier alpha value is -4.09. The average Bonchev–Trinajstić information content (AvgIpc) is 3.69. The number of carbonyl (C=O) groups is 1. The molecule has 2 aromatic carbocycles. The number of aromatic nitrogens is 3. The van der Waals surface area contributed by atoms with Crippen LogP contribution in [0, 0.1) is 11.8 Å². The van der Waals surface area contributed by atoms with Gasteiger partial charge in [0.2, 0.25) is 5.95 Å². The van der Waals surface area contributed by atoms with Crippen LogP contribution in [0.3, 0.4) is 0 Å². The summed E-state index contributed by atoms with van der Waals surface area (Å²) in [5.74, 6) is 7.30. The van der Waals surface area contributed by atoms with Crippen molar-refractivity contribution < 1.29 is 4.79 Å². The maximum Gasteiger partial charge on any atom is 0.272 e. The van der Waals surface area contributed by atoms with Gasteiger partial charge in [-0.05, 0) is 44.1 Å². The van der Waals surface area contributed by atoms with Gasteiger partial charge in [0.05, 0.1) is 24.3 Å². The van der Waals surface area contributed by atoms with Crippen molar-refractivity contribution in [3.8, 4) is 11.8 Å². The van der Waals surface area contributed by atoms with E-state index in [0.29, 0.717) is 37.2 Å². The summed E-state index contributed by atoms with van der Waals surface area (Å²) in [6.45, 7) is 4.08. The molecule has 1 saturated carbocycles. The van der Waals surface area contributed by atoms with Crippen molar-refractivity contribution in [2.24, 2.45) is 5.73 Å².